The van der Waals surface area contributed by atoms with Gasteiger partial charge in [-0.1, -0.05) is 42.7 Å². The monoisotopic (exact) mass is 324 g/mol. The third-order valence-corrected chi connectivity index (χ3v) is 4.72. The second kappa shape index (κ2) is 7.44. The Balaban J connectivity index is 0.00000176. The van der Waals surface area contributed by atoms with E-state index in [1.165, 1.54) is 18.4 Å². The first-order valence-corrected chi connectivity index (χ1v) is 7.91. The standard InChI is InChI=1S/C17H24N2O2.ClH/c1-12-6-8-13(9-7-12)16(18)17(20)19-10-11-21-15-5-3-2-4-14(15)19;/h6-9,14-16H,2-5,10-11,18H2,1H3;1H. The summed E-state index contributed by atoms with van der Waals surface area (Å²) >= 11 is 0. The number of hydrogen-bond donors (Lipinski definition) is 1. The SMILES string of the molecule is Cc1ccc(C(N)C(=O)N2CCOC3CCCCC32)cc1.Cl. The Hall–Kier alpha value is -1.10. The summed E-state index contributed by atoms with van der Waals surface area (Å²) in [5.74, 6) is 0.0408. The van der Waals surface area contributed by atoms with Crippen LogP contribution in [0.3, 0.4) is 0 Å². The van der Waals surface area contributed by atoms with Gasteiger partial charge in [-0.3, -0.25) is 4.79 Å². The normalized spacial score (nSPS) is 25.8. The second-order valence-corrected chi connectivity index (χ2v) is 6.18. The van der Waals surface area contributed by atoms with E-state index in [1.54, 1.807) is 0 Å². The van der Waals surface area contributed by atoms with Gasteiger partial charge in [0.1, 0.15) is 6.04 Å². The van der Waals surface area contributed by atoms with Crippen LogP contribution in [-0.2, 0) is 9.53 Å². The van der Waals surface area contributed by atoms with Crippen LogP contribution in [0, 0.1) is 6.92 Å². The predicted octanol–water partition coefficient (Wildman–Crippen LogP) is 2.59. The van der Waals surface area contributed by atoms with Crippen LogP contribution in [0.5, 0.6) is 0 Å². The Bertz CT molecular complexity index is 504. The van der Waals surface area contributed by atoms with Gasteiger partial charge in [-0.25, -0.2) is 0 Å². The molecule has 1 aromatic rings. The molecule has 0 aromatic heterocycles. The number of nitrogens with zero attached hydrogens (tertiary/aromatic N) is 1. The topological polar surface area (TPSA) is 55.6 Å². The van der Waals surface area contributed by atoms with Crippen molar-refractivity contribution < 1.29 is 9.53 Å². The molecule has 2 fully saturated rings. The van der Waals surface area contributed by atoms with E-state index in [0.29, 0.717) is 13.2 Å². The molecule has 1 aromatic carbocycles. The number of amides is 1. The molecular weight excluding hydrogens is 300 g/mol. The van der Waals surface area contributed by atoms with Gasteiger partial charge in [0.25, 0.3) is 0 Å². The number of morpholine rings is 1. The molecule has 1 heterocycles. The Kier molecular flexibility index (Phi) is 5.84. The zero-order valence-electron chi connectivity index (χ0n) is 13.0. The first-order chi connectivity index (χ1) is 10.2. The van der Waals surface area contributed by atoms with Crippen LogP contribution in [0.4, 0.5) is 0 Å². The molecule has 3 rings (SSSR count). The van der Waals surface area contributed by atoms with E-state index in [1.807, 2.05) is 36.1 Å². The maximum Gasteiger partial charge on any atom is 0.244 e. The van der Waals surface area contributed by atoms with E-state index in [0.717, 1.165) is 18.4 Å². The number of rotatable bonds is 2. The number of halogens is 1. The Labute approximate surface area is 138 Å². The summed E-state index contributed by atoms with van der Waals surface area (Å²) in [6, 6.07) is 7.58. The van der Waals surface area contributed by atoms with Gasteiger partial charge in [-0.05, 0) is 25.3 Å². The lowest BCUT2D eigenvalue weighted by atomic mass is 9.89. The highest BCUT2D eigenvalue weighted by molar-refractivity contribution is 5.85. The first kappa shape index (κ1) is 17.3. The minimum atomic E-state index is -0.564. The van der Waals surface area contributed by atoms with Gasteiger partial charge in [0.05, 0.1) is 18.8 Å². The lowest BCUT2D eigenvalue weighted by Gasteiger charge is -2.44. The van der Waals surface area contributed by atoms with Crippen molar-refractivity contribution in [3.63, 3.8) is 0 Å². The van der Waals surface area contributed by atoms with Crippen molar-refractivity contribution in [1.82, 2.24) is 4.90 Å². The van der Waals surface area contributed by atoms with Gasteiger partial charge in [-0.2, -0.15) is 0 Å². The van der Waals surface area contributed by atoms with Crippen LogP contribution in [-0.4, -0.2) is 36.1 Å². The number of hydrogen-bond acceptors (Lipinski definition) is 3. The van der Waals surface area contributed by atoms with E-state index in [4.69, 9.17) is 10.5 Å². The van der Waals surface area contributed by atoms with E-state index in [-0.39, 0.29) is 30.5 Å². The lowest BCUT2D eigenvalue weighted by molar-refractivity contribution is -0.151. The second-order valence-electron chi connectivity index (χ2n) is 6.18. The number of ether oxygens (including phenoxy) is 1. The third-order valence-electron chi connectivity index (χ3n) is 4.72. The molecule has 1 saturated carbocycles. The highest BCUT2D eigenvalue weighted by atomic mass is 35.5. The van der Waals surface area contributed by atoms with Gasteiger partial charge in [-0.15, -0.1) is 12.4 Å². The van der Waals surface area contributed by atoms with Gasteiger partial charge in [0, 0.05) is 6.54 Å². The average Bonchev–Trinajstić information content (AvgIpc) is 2.53. The molecule has 22 heavy (non-hydrogen) atoms. The molecule has 1 aliphatic heterocycles. The summed E-state index contributed by atoms with van der Waals surface area (Å²) in [6.45, 7) is 3.33. The van der Waals surface area contributed by atoms with Crippen molar-refractivity contribution >= 4 is 18.3 Å². The minimum Gasteiger partial charge on any atom is -0.374 e. The van der Waals surface area contributed by atoms with E-state index < -0.39 is 6.04 Å². The van der Waals surface area contributed by atoms with Crippen molar-refractivity contribution in [3.05, 3.63) is 35.4 Å². The van der Waals surface area contributed by atoms with Gasteiger partial charge >= 0.3 is 0 Å². The van der Waals surface area contributed by atoms with Crippen LogP contribution in [0.1, 0.15) is 42.9 Å². The van der Waals surface area contributed by atoms with Crippen LogP contribution in [0.15, 0.2) is 24.3 Å². The van der Waals surface area contributed by atoms with E-state index >= 15 is 0 Å². The molecule has 5 heteroatoms. The first-order valence-electron chi connectivity index (χ1n) is 7.91. The fraction of sp³-hybridized carbons (Fsp3) is 0.588. The molecule has 1 amide bonds. The molecule has 2 aliphatic rings. The molecule has 0 spiro atoms. The molecule has 0 radical (unpaired) electrons. The van der Waals surface area contributed by atoms with Crippen LogP contribution < -0.4 is 5.73 Å². The third kappa shape index (κ3) is 3.45. The van der Waals surface area contributed by atoms with E-state index in [9.17, 15) is 4.79 Å². The zero-order valence-corrected chi connectivity index (χ0v) is 13.8. The number of nitrogens with two attached hydrogens (primary N) is 1. The molecule has 1 aliphatic carbocycles. The quantitative estimate of drug-likeness (QED) is 0.909. The number of fused-ring (bicyclic) bond motifs is 1. The Morgan fingerprint density at radius 2 is 1.95 bits per heavy atom. The smallest absolute Gasteiger partial charge is 0.244 e. The maximum absolute atomic E-state index is 12.8. The van der Waals surface area contributed by atoms with Crippen molar-refractivity contribution in [2.24, 2.45) is 5.73 Å². The number of carbonyl (C=O) groups excluding carboxylic acids is 1. The van der Waals surface area contributed by atoms with Gasteiger partial charge in [0.15, 0.2) is 0 Å². The van der Waals surface area contributed by atoms with Gasteiger partial charge in [0.2, 0.25) is 5.91 Å². The maximum atomic E-state index is 12.8. The molecule has 4 nitrogen and oxygen atoms in total. The van der Waals surface area contributed by atoms with Crippen molar-refractivity contribution in [2.75, 3.05) is 13.2 Å². The molecule has 2 N–H and O–H groups in total. The fourth-order valence-electron chi connectivity index (χ4n) is 3.47. The van der Waals surface area contributed by atoms with Gasteiger partial charge < -0.3 is 15.4 Å². The summed E-state index contributed by atoms with van der Waals surface area (Å²) in [5, 5.41) is 0. The number of benzene rings is 1. The molecule has 3 unspecified atom stereocenters. The Morgan fingerprint density at radius 1 is 1.27 bits per heavy atom. The predicted molar refractivity (Wildman–Crippen MR) is 89.1 cm³/mol. The molecule has 3 atom stereocenters. The van der Waals surface area contributed by atoms with Crippen LogP contribution in [0.25, 0.3) is 0 Å². The summed E-state index contributed by atoms with van der Waals surface area (Å²) < 4.78 is 5.83. The van der Waals surface area contributed by atoms with Crippen molar-refractivity contribution in [1.29, 1.82) is 0 Å². The molecular formula is C17H25ClN2O2. The minimum absolute atomic E-state index is 0. The summed E-state index contributed by atoms with van der Waals surface area (Å²) in [6.07, 6.45) is 4.69. The fourth-order valence-corrected chi connectivity index (χ4v) is 3.47. The molecule has 1 saturated heterocycles. The van der Waals surface area contributed by atoms with Crippen LogP contribution >= 0.6 is 12.4 Å². The summed E-state index contributed by atoms with van der Waals surface area (Å²) in [7, 11) is 0. The summed E-state index contributed by atoms with van der Waals surface area (Å²) in [4.78, 5) is 14.8. The highest BCUT2D eigenvalue weighted by Gasteiger charge is 2.38. The highest BCUT2D eigenvalue weighted by Crippen LogP contribution is 2.30. The largest absolute Gasteiger partial charge is 0.374 e. The van der Waals surface area contributed by atoms with Crippen molar-refractivity contribution in [3.8, 4) is 0 Å². The van der Waals surface area contributed by atoms with Crippen molar-refractivity contribution in [2.45, 2.75) is 50.8 Å². The number of carbonyl (C=O) groups is 1. The molecule has 122 valence electrons. The zero-order chi connectivity index (χ0) is 14.8. The summed E-state index contributed by atoms with van der Waals surface area (Å²) in [5.41, 5.74) is 8.28. The van der Waals surface area contributed by atoms with E-state index in [2.05, 4.69) is 0 Å². The number of aryl methyl sites for hydroxylation is 1. The molecule has 0 bridgehead atoms. The Morgan fingerprint density at radius 3 is 2.68 bits per heavy atom. The van der Waals surface area contributed by atoms with Crippen LogP contribution in [0.2, 0.25) is 0 Å². The average molecular weight is 325 g/mol. The lowest BCUT2D eigenvalue weighted by Crippen LogP contribution is -2.56.